The van der Waals surface area contributed by atoms with Gasteiger partial charge in [0.25, 0.3) is 0 Å². The van der Waals surface area contributed by atoms with Gasteiger partial charge < -0.3 is 20.3 Å². The molecule has 0 aromatic carbocycles. The average molecular weight is 330 g/mol. The Bertz CT molecular complexity index is 663. The van der Waals surface area contributed by atoms with Crippen molar-refractivity contribution in [2.24, 2.45) is 0 Å². The van der Waals surface area contributed by atoms with Gasteiger partial charge in [-0.25, -0.2) is 9.78 Å². The van der Waals surface area contributed by atoms with Gasteiger partial charge in [-0.2, -0.15) is 5.10 Å². The lowest BCUT2D eigenvalue weighted by molar-refractivity contribution is 0.122. The Balaban J connectivity index is 1.48. The van der Waals surface area contributed by atoms with Crippen LogP contribution in [0.25, 0.3) is 0 Å². The Labute approximate surface area is 140 Å². The largest absolute Gasteiger partial charge is 0.378 e. The zero-order valence-corrected chi connectivity index (χ0v) is 13.7. The van der Waals surface area contributed by atoms with E-state index in [-0.39, 0.29) is 6.03 Å². The van der Waals surface area contributed by atoms with Crippen LogP contribution in [0.5, 0.6) is 0 Å². The summed E-state index contributed by atoms with van der Waals surface area (Å²) in [4.78, 5) is 18.6. The van der Waals surface area contributed by atoms with E-state index >= 15 is 0 Å². The number of anilines is 2. The van der Waals surface area contributed by atoms with Gasteiger partial charge in [0, 0.05) is 38.6 Å². The van der Waals surface area contributed by atoms with Gasteiger partial charge in [-0.1, -0.05) is 6.07 Å². The molecule has 3 rings (SSSR count). The lowest BCUT2D eigenvalue weighted by Crippen LogP contribution is -2.36. The smallest absolute Gasteiger partial charge is 0.319 e. The van der Waals surface area contributed by atoms with Crippen LogP contribution in [0.15, 0.2) is 30.7 Å². The maximum absolute atomic E-state index is 11.9. The van der Waals surface area contributed by atoms with Crippen LogP contribution in [-0.4, -0.2) is 47.1 Å². The Morgan fingerprint density at radius 1 is 1.29 bits per heavy atom. The lowest BCUT2D eigenvalue weighted by atomic mass is 10.2. The molecular weight excluding hydrogens is 308 g/mol. The van der Waals surface area contributed by atoms with E-state index < -0.39 is 0 Å². The fourth-order valence-corrected chi connectivity index (χ4v) is 2.46. The van der Waals surface area contributed by atoms with Crippen LogP contribution in [0.3, 0.4) is 0 Å². The molecule has 2 amide bonds. The third-order valence-electron chi connectivity index (χ3n) is 3.81. The van der Waals surface area contributed by atoms with Crippen LogP contribution in [0.1, 0.15) is 12.5 Å². The van der Waals surface area contributed by atoms with Crippen molar-refractivity contribution >= 4 is 17.5 Å². The fourth-order valence-electron chi connectivity index (χ4n) is 2.46. The summed E-state index contributed by atoms with van der Waals surface area (Å²) in [6, 6.07) is 3.70. The quantitative estimate of drug-likeness (QED) is 0.867. The summed E-state index contributed by atoms with van der Waals surface area (Å²) >= 11 is 0. The van der Waals surface area contributed by atoms with E-state index in [4.69, 9.17) is 4.74 Å². The van der Waals surface area contributed by atoms with Crippen molar-refractivity contribution in [1.82, 2.24) is 20.1 Å². The summed E-state index contributed by atoms with van der Waals surface area (Å²) in [6.45, 7) is 6.37. The number of amides is 2. The summed E-state index contributed by atoms with van der Waals surface area (Å²) in [5.41, 5.74) is 1.63. The molecule has 0 spiro atoms. The number of ether oxygens (including phenoxy) is 1. The van der Waals surface area contributed by atoms with Gasteiger partial charge in [0.2, 0.25) is 0 Å². The molecule has 2 N–H and O–H groups in total. The van der Waals surface area contributed by atoms with Gasteiger partial charge in [-0.15, -0.1) is 0 Å². The van der Waals surface area contributed by atoms with Crippen LogP contribution in [0, 0.1) is 0 Å². The third-order valence-corrected chi connectivity index (χ3v) is 3.81. The minimum absolute atomic E-state index is 0.261. The van der Waals surface area contributed by atoms with E-state index in [0.29, 0.717) is 12.2 Å². The summed E-state index contributed by atoms with van der Waals surface area (Å²) in [7, 11) is 0. The fraction of sp³-hybridized carbons (Fsp3) is 0.438. The van der Waals surface area contributed by atoms with Crippen LogP contribution < -0.4 is 15.5 Å². The number of nitrogens with zero attached hydrogens (tertiary/aromatic N) is 4. The summed E-state index contributed by atoms with van der Waals surface area (Å²) in [5.74, 6) is 0.943. The van der Waals surface area contributed by atoms with Gasteiger partial charge in [0.15, 0.2) is 0 Å². The first kappa shape index (κ1) is 16.3. The monoisotopic (exact) mass is 330 g/mol. The molecule has 0 bridgehead atoms. The number of rotatable bonds is 5. The summed E-state index contributed by atoms with van der Waals surface area (Å²) in [6.07, 6.45) is 5.21. The number of aromatic nitrogens is 3. The summed E-state index contributed by atoms with van der Waals surface area (Å²) < 4.78 is 7.09. The van der Waals surface area contributed by atoms with Crippen LogP contribution in [0.2, 0.25) is 0 Å². The molecule has 3 heterocycles. The number of pyridine rings is 1. The first-order chi connectivity index (χ1) is 11.7. The highest BCUT2D eigenvalue weighted by atomic mass is 16.5. The number of aryl methyl sites for hydroxylation is 1. The lowest BCUT2D eigenvalue weighted by Gasteiger charge is -2.27. The normalized spacial score (nSPS) is 14.5. The zero-order chi connectivity index (χ0) is 16.8. The molecule has 0 unspecified atom stereocenters. The number of hydrogen-bond donors (Lipinski definition) is 2. The highest BCUT2D eigenvalue weighted by molar-refractivity contribution is 5.88. The molecule has 8 nitrogen and oxygen atoms in total. The van der Waals surface area contributed by atoms with Crippen molar-refractivity contribution in [3.05, 3.63) is 36.3 Å². The molecule has 8 heteroatoms. The van der Waals surface area contributed by atoms with Crippen molar-refractivity contribution in [3.63, 3.8) is 0 Å². The molecular formula is C16H22N6O2. The minimum atomic E-state index is -0.261. The van der Waals surface area contributed by atoms with Crippen molar-refractivity contribution in [2.45, 2.75) is 20.0 Å². The van der Waals surface area contributed by atoms with Crippen molar-refractivity contribution in [3.8, 4) is 0 Å². The molecule has 0 radical (unpaired) electrons. The van der Waals surface area contributed by atoms with Crippen molar-refractivity contribution in [2.75, 3.05) is 36.5 Å². The molecule has 0 atom stereocenters. The topological polar surface area (TPSA) is 84.3 Å². The number of urea groups is 1. The standard InChI is InChI=1S/C16H22N6O2/c1-2-22-12-14(11-19-22)20-16(23)18-10-13-3-4-15(17-9-13)21-5-7-24-8-6-21/h3-4,9,11-12H,2,5-8,10H2,1H3,(H2,18,20,23). The number of morpholine rings is 1. The number of hydrogen-bond acceptors (Lipinski definition) is 5. The Morgan fingerprint density at radius 3 is 2.79 bits per heavy atom. The van der Waals surface area contributed by atoms with Crippen LogP contribution >= 0.6 is 0 Å². The van der Waals surface area contributed by atoms with E-state index in [1.165, 1.54) is 0 Å². The second kappa shape index (κ2) is 7.78. The van der Waals surface area contributed by atoms with Gasteiger partial charge in [0.1, 0.15) is 5.82 Å². The third kappa shape index (κ3) is 4.23. The number of carbonyl (C=O) groups is 1. The van der Waals surface area contributed by atoms with E-state index in [1.807, 2.05) is 19.1 Å². The highest BCUT2D eigenvalue weighted by Crippen LogP contribution is 2.13. The van der Waals surface area contributed by atoms with E-state index in [0.717, 1.165) is 44.2 Å². The molecule has 1 aliphatic heterocycles. The first-order valence-corrected chi connectivity index (χ1v) is 8.09. The molecule has 128 valence electrons. The van der Waals surface area contributed by atoms with E-state index in [1.54, 1.807) is 23.3 Å². The van der Waals surface area contributed by atoms with Gasteiger partial charge in [-0.05, 0) is 18.6 Å². The maximum Gasteiger partial charge on any atom is 0.319 e. The SMILES string of the molecule is CCn1cc(NC(=O)NCc2ccc(N3CCOCC3)nc2)cn1. The molecule has 2 aromatic rings. The second-order valence-corrected chi connectivity index (χ2v) is 5.52. The molecule has 24 heavy (non-hydrogen) atoms. The molecule has 1 fully saturated rings. The predicted molar refractivity (Wildman–Crippen MR) is 91.0 cm³/mol. The van der Waals surface area contributed by atoms with E-state index in [2.05, 4.69) is 25.6 Å². The minimum Gasteiger partial charge on any atom is -0.378 e. The zero-order valence-electron chi connectivity index (χ0n) is 13.7. The van der Waals surface area contributed by atoms with Crippen molar-refractivity contribution < 1.29 is 9.53 Å². The Morgan fingerprint density at radius 2 is 2.12 bits per heavy atom. The second-order valence-electron chi connectivity index (χ2n) is 5.52. The highest BCUT2D eigenvalue weighted by Gasteiger charge is 2.12. The average Bonchev–Trinajstić information content (AvgIpc) is 3.09. The van der Waals surface area contributed by atoms with E-state index in [9.17, 15) is 4.79 Å². The van der Waals surface area contributed by atoms with Crippen LogP contribution in [-0.2, 0) is 17.8 Å². The first-order valence-electron chi connectivity index (χ1n) is 8.09. The number of carbonyl (C=O) groups excluding carboxylic acids is 1. The molecule has 2 aromatic heterocycles. The Hall–Kier alpha value is -2.61. The van der Waals surface area contributed by atoms with Crippen molar-refractivity contribution in [1.29, 1.82) is 0 Å². The van der Waals surface area contributed by atoms with Gasteiger partial charge in [0.05, 0.1) is 25.1 Å². The maximum atomic E-state index is 11.9. The Kier molecular flexibility index (Phi) is 5.27. The predicted octanol–water partition coefficient (Wildman–Crippen LogP) is 1.46. The molecule has 1 saturated heterocycles. The van der Waals surface area contributed by atoms with Gasteiger partial charge >= 0.3 is 6.03 Å². The molecule has 0 saturated carbocycles. The summed E-state index contributed by atoms with van der Waals surface area (Å²) in [5, 5.41) is 9.68. The van der Waals surface area contributed by atoms with Gasteiger partial charge in [-0.3, -0.25) is 4.68 Å². The molecule has 0 aliphatic carbocycles. The van der Waals surface area contributed by atoms with Crippen LogP contribution in [0.4, 0.5) is 16.3 Å². The number of nitrogens with one attached hydrogen (secondary N) is 2. The molecule has 1 aliphatic rings.